The molecule has 0 aliphatic carbocycles. The molecule has 0 saturated heterocycles. The van der Waals surface area contributed by atoms with Gasteiger partial charge in [0.2, 0.25) is 5.91 Å². The summed E-state index contributed by atoms with van der Waals surface area (Å²) in [7, 11) is 0. The monoisotopic (exact) mass is 304 g/mol. The smallest absolute Gasteiger partial charge is 0.251 e. The minimum atomic E-state index is -0.521. The van der Waals surface area contributed by atoms with Gasteiger partial charge in [0.1, 0.15) is 6.04 Å². The second kappa shape index (κ2) is 8.57. The minimum absolute atomic E-state index is 0.0305. The molecule has 22 heavy (non-hydrogen) atoms. The lowest BCUT2D eigenvalue weighted by atomic mass is 10.0. The number of nitrogens with one attached hydrogen (secondary N) is 2. The largest absolute Gasteiger partial charge is 0.352 e. The lowest BCUT2D eigenvalue weighted by molar-refractivity contribution is -0.124. The third-order valence-electron chi connectivity index (χ3n) is 3.86. The number of carbonyl (C=O) groups excluding carboxylic acids is 2. The summed E-state index contributed by atoms with van der Waals surface area (Å²) in [6, 6.07) is 7.08. The zero-order valence-corrected chi connectivity index (χ0v) is 14.3. The Morgan fingerprint density at radius 3 is 2.05 bits per heavy atom. The first kappa shape index (κ1) is 18.2. The maximum Gasteiger partial charge on any atom is 0.251 e. The van der Waals surface area contributed by atoms with Crippen molar-refractivity contribution in [3.63, 3.8) is 0 Å². The van der Waals surface area contributed by atoms with Crippen LogP contribution in [0.1, 0.15) is 57.0 Å². The first-order valence-corrected chi connectivity index (χ1v) is 8.09. The van der Waals surface area contributed by atoms with Crippen LogP contribution in [-0.2, 0) is 11.2 Å². The summed E-state index contributed by atoms with van der Waals surface area (Å²) in [5.41, 5.74) is 1.77. The zero-order chi connectivity index (χ0) is 16.7. The highest BCUT2D eigenvalue weighted by molar-refractivity contribution is 5.97. The van der Waals surface area contributed by atoms with Gasteiger partial charge in [-0.05, 0) is 43.4 Å². The van der Waals surface area contributed by atoms with Gasteiger partial charge in [0, 0.05) is 11.6 Å². The molecule has 0 bridgehead atoms. The van der Waals surface area contributed by atoms with Gasteiger partial charge < -0.3 is 10.6 Å². The molecule has 4 nitrogen and oxygen atoms in total. The lowest BCUT2D eigenvalue weighted by Crippen LogP contribution is -2.51. The molecule has 2 N–H and O–H groups in total. The molecular formula is C18H28N2O2. The predicted octanol–water partition coefficient (Wildman–Crippen LogP) is 2.92. The van der Waals surface area contributed by atoms with Gasteiger partial charge in [-0.15, -0.1) is 0 Å². The van der Waals surface area contributed by atoms with Crippen LogP contribution < -0.4 is 10.6 Å². The average molecular weight is 304 g/mol. The van der Waals surface area contributed by atoms with Crippen molar-refractivity contribution in [2.45, 2.75) is 59.5 Å². The van der Waals surface area contributed by atoms with Crippen molar-refractivity contribution in [1.82, 2.24) is 10.6 Å². The van der Waals surface area contributed by atoms with Crippen LogP contribution in [0.4, 0.5) is 0 Å². The van der Waals surface area contributed by atoms with Crippen molar-refractivity contribution in [2.75, 3.05) is 0 Å². The number of hydrogen-bond donors (Lipinski definition) is 2. The Hall–Kier alpha value is -1.84. The van der Waals surface area contributed by atoms with Gasteiger partial charge in [-0.3, -0.25) is 9.59 Å². The first-order valence-electron chi connectivity index (χ1n) is 8.09. The number of rotatable bonds is 7. The van der Waals surface area contributed by atoms with E-state index in [2.05, 4.69) is 17.6 Å². The fraction of sp³-hybridized carbons (Fsp3) is 0.556. The van der Waals surface area contributed by atoms with E-state index in [-0.39, 0.29) is 23.8 Å². The standard InChI is InChI=1S/C18H28N2O2/c1-6-13(5)19-18(22)16(12(3)4)20-17(21)15-10-8-14(7-2)9-11-15/h8-13,16H,6-7H2,1-5H3,(H,19,22)(H,20,21). The van der Waals surface area contributed by atoms with Crippen molar-refractivity contribution < 1.29 is 9.59 Å². The van der Waals surface area contributed by atoms with Crippen molar-refractivity contribution >= 4 is 11.8 Å². The Bertz CT molecular complexity index is 494. The van der Waals surface area contributed by atoms with E-state index in [9.17, 15) is 9.59 Å². The van der Waals surface area contributed by atoms with Gasteiger partial charge in [-0.1, -0.05) is 39.8 Å². The molecule has 0 heterocycles. The normalized spacial score (nSPS) is 13.5. The Morgan fingerprint density at radius 2 is 1.59 bits per heavy atom. The highest BCUT2D eigenvalue weighted by Crippen LogP contribution is 2.08. The number of amides is 2. The summed E-state index contributed by atoms with van der Waals surface area (Å²) in [6.45, 7) is 9.91. The fourth-order valence-electron chi connectivity index (χ4n) is 2.09. The van der Waals surface area contributed by atoms with E-state index in [0.717, 1.165) is 12.8 Å². The van der Waals surface area contributed by atoms with E-state index in [4.69, 9.17) is 0 Å². The molecule has 4 heteroatoms. The molecule has 122 valence electrons. The molecule has 2 atom stereocenters. The number of aryl methyl sites for hydroxylation is 1. The van der Waals surface area contributed by atoms with Crippen LogP contribution in [0.15, 0.2) is 24.3 Å². The fourth-order valence-corrected chi connectivity index (χ4v) is 2.09. The topological polar surface area (TPSA) is 58.2 Å². The van der Waals surface area contributed by atoms with E-state index in [1.807, 2.05) is 39.8 Å². The van der Waals surface area contributed by atoms with Crippen molar-refractivity contribution in [2.24, 2.45) is 5.92 Å². The molecule has 1 aromatic carbocycles. The van der Waals surface area contributed by atoms with Crippen LogP contribution in [0.5, 0.6) is 0 Å². The zero-order valence-electron chi connectivity index (χ0n) is 14.3. The summed E-state index contributed by atoms with van der Waals surface area (Å²) in [6.07, 6.45) is 1.80. The average Bonchev–Trinajstić information content (AvgIpc) is 2.51. The summed E-state index contributed by atoms with van der Waals surface area (Å²) < 4.78 is 0. The molecule has 0 saturated carbocycles. The highest BCUT2D eigenvalue weighted by atomic mass is 16.2. The molecule has 2 unspecified atom stereocenters. The molecule has 0 aromatic heterocycles. The van der Waals surface area contributed by atoms with E-state index in [0.29, 0.717) is 5.56 Å². The summed E-state index contributed by atoms with van der Waals surface area (Å²) in [4.78, 5) is 24.6. The van der Waals surface area contributed by atoms with Crippen LogP contribution in [0.3, 0.4) is 0 Å². The number of carbonyl (C=O) groups is 2. The molecule has 0 radical (unpaired) electrons. The van der Waals surface area contributed by atoms with Gasteiger partial charge >= 0.3 is 0 Å². The second-order valence-corrected chi connectivity index (χ2v) is 6.06. The maximum atomic E-state index is 12.3. The molecule has 0 aliphatic rings. The highest BCUT2D eigenvalue weighted by Gasteiger charge is 2.25. The molecular weight excluding hydrogens is 276 g/mol. The second-order valence-electron chi connectivity index (χ2n) is 6.06. The van der Waals surface area contributed by atoms with Crippen molar-refractivity contribution in [3.05, 3.63) is 35.4 Å². The van der Waals surface area contributed by atoms with E-state index >= 15 is 0 Å². The molecule has 2 amide bonds. The van der Waals surface area contributed by atoms with Crippen LogP contribution in [0.2, 0.25) is 0 Å². The van der Waals surface area contributed by atoms with Gasteiger partial charge in [0.15, 0.2) is 0 Å². The third kappa shape index (κ3) is 5.17. The van der Waals surface area contributed by atoms with Gasteiger partial charge in [-0.2, -0.15) is 0 Å². The first-order chi connectivity index (χ1) is 10.4. The Morgan fingerprint density at radius 1 is 1.00 bits per heavy atom. The van der Waals surface area contributed by atoms with Gasteiger partial charge in [0.05, 0.1) is 0 Å². The summed E-state index contributed by atoms with van der Waals surface area (Å²) >= 11 is 0. The number of hydrogen-bond acceptors (Lipinski definition) is 2. The maximum absolute atomic E-state index is 12.3. The predicted molar refractivity (Wildman–Crippen MR) is 89.8 cm³/mol. The lowest BCUT2D eigenvalue weighted by Gasteiger charge is -2.23. The van der Waals surface area contributed by atoms with Crippen molar-refractivity contribution in [1.29, 1.82) is 0 Å². The molecule has 0 fully saturated rings. The SMILES string of the molecule is CCc1ccc(C(=O)NC(C(=O)NC(C)CC)C(C)C)cc1. The van der Waals surface area contributed by atoms with Crippen LogP contribution in [0, 0.1) is 5.92 Å². The Labute approximate surface area is 133 Å². The van der Waals surface area contributed by atoms with E-state index < -0.39 is 6.04 Å². The summed E-state index contributed by atoms with van der Waals surface area (Å²) in [5, 5.41) is 5.78. The quantitative estimate of drug-likeness (QED) is 0.813. The minimum Gasteiger partial charge on any atom is -0.352 e. The molecule has 1 rings (SSSR count). The van der Waals surface area contributed by atoms with Crippen LogP contribution >= 0.6 is 0 Å². The Balaban J connectivity index is 2.76. The van der Waals surface area contributed by atoms with Gasteiger partial charge in [-0.25, -0.2) is 0 Å². The van der Waals surface area contributed by atoms with Crippen LogP contribution in [0.25, 0.3) is 0 Å². The van der Waals surface area contributed by atoms with Crippen LogP contribution in [-0.4, -0.2) is 23.9 Å². The summed E-state index contributed by atoms with van der Waals surface area (Å²) in [5.74, 6) is -0.300. The molecule has 0 spiro atoms. The molecule has 0 aliphatic heterocycles. The Kier molecular flexibility index (Phi) is 7.09. The third-order valence-corrected chi connectivity index (χ3v) is 3.86. The number of benzene rings is 1. The van der Waals surface area contributed by atoms with E-state index in [1.54, 1.807) is 12.1 Å². The molecule has 1 aromatic rings. The van der Waals surface area contributed by atoms with E-state index in [1.165, 1.54) is 5.56 Å². The van der Waals surface area contributed by atoms with Gasteiger partial charge in [0.25, 0.3) is 5.91 Å². The van der Waals surface area contributed by atoms with Crippen molar-refractivity contribution in [3.8, 4) is 0 Å².